The van der Waals surface area contributed by atoms with E-state index in [9.17, 15) is 9.59 Å². The Morgan fingerprint density at radius 2 is 2.07 bits per heavy atom. The fraction of sp³-hybridized carbons (Fsp3) is 0.364. The van der Waals surface area contributed by atoms with Crippen LogP contribution in [0.4, 0.5) is 0 Å². The molecule has 1 aromatic carbocycles. The smallest absolute Gasteiger partial charge is 0.349 e. The number of carbonyl (C=O) groups is 1. The molecule has 1 aliphatic rings. The van der Waals surface area contributed by atoms with Crippen molar-refractivity contribution in [1.29, 1.82) is 0 Å². The summed E-state index contributed by atoms with van der Waals surface area (Å²) in [5, 5.41) is 10.8. The first-order valence-corrected chi connectivity index (χ1v) is 9.95. The summed E-state index contributed by atoms with van der Waals surface area (Å²) in [7, 11) is 0. The van der Waals surface area contributed by atoms with E-state index < -0.39 is 11.5 Å². The van der Waals surface area contributed by atoms with E-state index in [4.69, 9.17) is 4.42 Å². The Kier molecular flexibility index (Phi) is 5.55. The lowest BCUT2D eigenvalue weighted by molar-refractivity contribution is 0.0944. The molecule has 0 aliphatic heterocycles. The Morgan fingerprint density at radius 1 is 1.28 bits per heavy atom. The topological polar surface area (TPSA) is 90.0 Å². The predicted octanol–water partition coefficient (Wildman–Crippen LogP) is 2.98. The summed E-state index contributed by atoms with van der Waals surface area (Å²) in [6.45, 7) is 2.67. The molecule has 2 aromatic heterocycles. The first-order chi connectivity index (χ1) is 14.1. The summed E-state index contributed by atoms with van der Waals surface area (Å²) in [6.07, 6.45) is 5.71. The zero-order valence-electron chi connectivity index (χ0n) is 16.4. The van der Waals surface area contributed by atoms with Crippen molar-refractivity contribution in [2.24, 2.45) is 0 Å². The van der Waals surface area contributed by atoms with Crippen molar-refractivity contribution < 1.29 is 9.21 Å². The van der Waals surface area contributed by atoms with E-state index in [0.717, 1.165) is 25.7 Å². The van der Waals surface area contributed by atoms with Crippen LogP contribution in [0, 0.1) is 6.92 Å². The predicted molar refractivity (Wildman–Crippen MR) is 108 cm³/mol. The van der Waals surface area contributed by atoms with E-state index in [1.54, 1.807) is 13.3 Å². The summed E-state index contributed by atoms with van der Waals surface area (Å²) < 4.78 is 7.32. The Labute approximate surface area is 168 Å². The molecule has 150 valence electrons. The van der Waals surface area contributed by atoms with Crippen LogP contribution in [0.3, 0.4) is 0 Å². The average molecular weight is 392 g/mol. The van der Waals surface area contributed by atoms with Crippen LogP contribution in [0.15, 0.2) is 51.9 Å². The molecule has 0 radical (unpaired) electrons. The van der Waals surface area contributed by atoms with Crippen LogP contribution in [-0.4, -0.2) is 20.7 Å². The van der Waals surface area contributed by atoms with Gasteiger partial charge in [0, 0.05) is 12.5 Å². The molecule has 7 heteroatoms. The van der Waals surface area contributed by atoms with E-state index in [2.05, 4.69) is 27.6 Å². The maximum atomic E-state index is 12.6. The van der Waals surface area contributed by atoms with Gasteiger partial charge in [-0.05, 0) is 43.4 Å². The molecule has 1 amide bonds. The van der Waals surface area contributed by atoms with Crippen LogP contribution >= 0.6 is 0 Å². The monoisotopic (exact) mass is 392 g/mol. The van der Waals surface area contributed by atoms with Gasteiger partial charge in [0.25, 0.3) is 5.91 Å². The fourth-order valence-electron chi connectivity index (χ4n) is 3.54. The largest absolute Gasteiger partial charge is 0.427 e. The third kappa shape index (κ3) is 4.29. The van der Waals surface area contributed by atoms with Crippen LogP contribution < -0.4 is 10.9 Å². The third-order valence-corrected chi connectivity index (χ3v) is 5.49. The molecule has 3 aromatic rings. The molecule has 0 unspecified atom stereocenters. The van der Waals surface area contributed by atoms with Gasteiger partial charge in [-0.2, -0.15) is 0 Å². The molecule has 7 nitrogen and oxygen atoms in total. The second kappa shape index (κ2) is 8.43. The van der Waals surface area contributed by atoms with Gasteiger partial charge >= 0.3 is 5.63 Å². The van der Waals surface area contributed by atoms with Gasteiger partial charge in [-0.25, -0.2) is 4.79 Å². The number of amides is 1. The third-order valence-electron chi connectivity index (χ3n) is 5.49. The van der Waals surface area contributed by atoms with Gasteiger partial charge in [-0.15, -0.1) is 10.2 Å². The molecule has 1 saturated carbocycles. The van der Waals surface area contributed by atoms with Crippen LogP contribution in [0.25, 0.3) is 0 Å². The number of nitrogens with one attached hydrogen (secondary N) is 1. The highest BCUT2D eigenvalue weighted by molar-refractivity contribution is 5.95. The number of hydrogen-bond donors (Lipinski definition) is 1. The van der Waals surface area contributed by atoms with Gasteiger partial charge in [0.1, 0.15) is 17.7 Å². The standard InChI is InChI=1S/C22H24N4O3/c1-15-12-18(17-8-5-9-17)29-22(28)20(15)21(27)23-13-19-25-24-14-26(19)11-10-16-6-3-2-4-7-16/h2-4,6-7,12,14,17H,5,8-11,13H2,1H3,(H,23,27). The molecule has 0 spiro atoms. The molecule has 1 aliphatic carbocycles. The van der Waals surface area contributed by atoms with Gasteiger partial charge in [-0.1, -0.05) is 36.8 Å². The molecule has 29 heavy (non-hydrogen) atoms. The number of aryl methyl sites for hydroxylation is 3. The number of rotatable bonds is 7. The zero-order valence-corrected chi connectivity index (χ0v) is 16.4. The van der Waals surface area contributed by atoms with Crippen LogP contribution in [0.1, 0.15) is 58.2 Å². The maximum absolute atomic E-state index is 12.6. The lowest BCUT2D eigenvalue weighted by Gasteiger charge is -2.24. The second-order valence-electron chi connectivity index (χ2n) is 7.48. The summed E-state index contributed by atoms with van der Waals surface area (Å²) in [4.78, 5) is 25.0. The van der Waals surface area contributed by atoms with Crippen molar-refractivity contribution in [1.82, 2.24) is 20.1 Å². The Balaban J connectivity index is 1.40. The second-order valence-corrected chi connectivity index (χ2v) is 7.48. The maximum Gasteiger partial charge on any atom is 0.349 e. The molecular weight excluding hydrogens is 368 g/mol. The molecule has 0 saturated heterocycles. The van der Waals surface area contributed by atoms with Crippen molar-refractivity contribution in [3.8, 4) is 0 Å². The number of carbonyl (C=O) groups excluding carboxylic acids is 1. The lowest BCUT2D eigenvalue weighted by atomic mass is 9.83. The minimum atomic E-state index is -0.574. The zero-order chi connectivity index (χ0) is 20.2. The van der Waals surface area contributed by atoms with Gasteiger partial charge in [0.2, 0.25) is 0 Å². The highest BCUT2D eigenvalue weighted by Gasteiger charge is 2.25. The summed E-state index contributed by atoms with van der Waals surface area (Å²) >= 11 is 0. The number of nitrogens with zero attached hydrogens (tertiary/aromatic N) is 3. The Morgan fingerprint density at radius 3 is 2.76 bits per heavy atom. The van der Waals surface area contributed by atoms with Crippen molar-refractivity contribution in [2.45, 2.75) is 51.6 Å². The van der Waals surface area contributed by atoms with Crippen molar-refractivity contribution in [2.75, 3.05) is 0 Å². The van der Waals surface area contributed by atoms with Gasteiger partial charge in [0.05, 0.1) is 6.54 Å². The van der Waals surface area contributed by atoms with Crippen LogP contribution in [0.5, 0.6) is 0 Å². The number of aromatic nitrogens is 3. The normalized spacial score (nSPS) is 13.8. The van der Waals surface area contributed by atoms with E-state index >= 15 is 0 Å². The van der Waals surface area contributed by atoms with Crippen LogP contribution in [-0.2, 0) is 19.5 Å². The van der Waals surface area contributed by atoms with Crippen LogP contribution in [0.2, 0.25) is 0 Å². The summed E-state index contributed by atoms with van der Waals surface area (Å²) in [5.74, 6) is 1.19. The van der Waals surface area contributed by atoms with E-state index in [1.165, 1.54) is 5.56 Å². The minimum Gasteiger partial charge on any atom is -0.427 e. The van der Waals surface area contributed by atoms with Crippen molar-refractivity contribution in [3.63, 3.8) is 0 Å². The van der Waals surface area contributed by atoms with E-state index in [-0.39, 0.29) is 12.1 Å². The molecule has 0 atom stereocenters. The quantitative estimate of drug-likeness (QED) is 0.668. The molecule has 0 bridgehead atoms. The average Bonchev–Trinajstić information content (AvgIpc) is 3.11. The molecule has 4 rings (SSSR count). The minimum absolute atomic E-state index is 0.0587. The summed E-state index contributed by atoms with van der Waals surface area (Å²) in [5.41, 5.74) is 1.35. The Bertz CT molecular complexity index is 1050. The summed E-state index contributed by atoms with van der Waals surface area (Å²) in [6, 6.07) is 12.0. The van der Waals surface area contributed by atoms with Gasteiger partial charge in [-0.3, -0.25) is 4.79 Å². The first kappa shape index (κ1) is 19.1. The van der Waals surface area contributed by atoms with Crippen molar-refractivity contribution in [3.05, 3.63) is 81.4 Å². The SMILES string of the molecule is Cc1cc(C2CCC2)oc(=O)c1C(=O)NCc1nncn1CCc1ccccc1. The molecular formula is C22H24N4O3. The molecule has 1 fully saturated rings. The number of hydrogen-bond acceptors (Lipinski definition) is 5. The fourth-order valence-corrected chi connectivity index (χ4v) is 3.54. The number of benzene rings is 1. The lowest BCUT2D eigenvalue weighted by Crippen LogP contribution is -2.30. The molecule has 1 N–H and O–H groups in total. The van der Waals surface area contributed by atoms with E-state index in [1.807, 2.05) is 28.8 Å². The highest BCUT2D eigenvalue weighted by atomic mass is 16.4. The van der Waals surface area contributed by atoms with Gasteiger partial charge in [0.15, 0.2) is 5.82 Å². The van der Waals surface area contributed by atoms with Gasteiger partial charge < -0.3 is 14.3 Å². The highest BCUT2D eigenvalue weighted by Crippen LogP contribution is 2.36. The van der Waals surface area contributed by atoms with E-state index in [0.29, 0.717) is 29.6 Å². The first-order valence-electron chi connectivity index (χ1n) is 9.95. The molecule has 2 heterocycles. The Hall–Kier alpha value is -3.22. The van der Waals surface area contributed by atoms with Crippen molar-refractivity contribution >= 4 is 5.91 Å².